The third-order valence-electron chi connectivity index (χ3n) is 6.43. The molecule has 1 saturated carbocycles. The molecule has 1 fully saturated rings. The maximum Gasteiger partial charge on any atom is 0.262 e. The standard InChI is InChI=1S/C27H31N3O4S/c31-16-8-15-28-24(32)21(17-19-9-2-1-3-10-19)29-26(34)27(13-6-7-14-27)30-25(33)23-18-20-11-4-5-12-22(20)35-23/h1-5,9-12,18,21,31H,6-8,13-17H2,(H,28,32)(H,29,34)(H,30,33)/t21-/m1/s1. The quantitative estimate of drug-likeness (QED) is 0.326. The summed E-state index contributed by atoms with van der Waals surface area (Å²) in [6.07, 6.45) is 3.47. The molecule has 0 spiro atoms. The molecule has 2 aromatic carbocycles. The monoisotopic (exact) mass is 493 g/mol. The molecular formula is C27H31N3O4S. The lowest BCUT2D eigenvalue weighted by atomic mass is 9.94. The Balaban J connectivity index is 1.51. The van der Waals surface area contributed by atoms with Crippen LogP contribution in [0.3, 0.4) is 0 Å². The summed E-state index contributed by atoms with van der Waals surface area (Å²) < 4.78 is 1.02. The van der Waals surface area contributed by atoms with Crippen LogP contribution >= 0.6 is 11.3 Å². The lowest BCUT2D eigenvalue weighted by molar-refractivity contribution is -0.132. The van der Waals surface area contributed by atoms with E-state index in [4.69, 9.17) is 5.11 Å². The van der Waals surface area contributed by atoms with Gasteiger partial charge in [0.05, 0.1) is 4.88 Å². The van der Waals surface area contributed by atoms with Crippen molar-refractivity contribution in [1.29, 1.82) is 0 Å². The molecule has 8 heteroatoms. The highest BCUT2D eigenvalue weighted by Crippen LogP contribution is 2.32. The highest BCUT2D eigenvalue weighted by atomic mass is 32.1. The zero-order valence-corrected chi connectivity index (χ0v) is 20.4. The van der Waals surface area contributed by atoms with E-state index in [9.17, 15) is 14.4 Å². The number of carbonyl (C=O) groups excluding carboxylic acids is 3. The first-order chi connectivity index (χ1) is 17.0. The van der Waals surface area contributed by atoms with Gasteiger partial charge in [0.15, 0.2) is 0 Å². The van der Waals surface area contributed by atoms with Gasteiger partial charge < -0.3 is 21.1 Å². The van der Waals surface area contributed by atoms with Crippen molar-refractivity contribution in [3.63, 3.8) is 0 Å². The Kier molecular flexibility index (Phi) is 8.15. The third kappa shape index (κ3) is 6.07. The van der Waals surface area contributed by atoms with Crippen molar-refractivity contribution in [2.45, 2.75) is 50.1 Å². The molecule has 4 rings (SSSR count). The predicted octanol–water partition coefficient (Wildman–Crippen LogP) is 3.17. The molecule has 35 heavy (non-hydrogen) atoms. The van der Waals surface area contributed by atoms with Gasteiger partial charge in [-0.2, -0.15) is 0 Å². The largest absolute Gasteiger partial charge is 0.396 e. The fourth-order valence-corrected chi connectivity index (χ4v) is 5.49. The first-order valence-electron chi connectivity index (χ1n) is 12.1. The third-order valence-corrected chi connectivity index (χ3v) is 7.55. The number of benzene rings is 2. The Labute approximate surface area is 208 Å². The zero-order valence-electron chi connectivity index (χ0n) is 19.6. The molecule has 3 aromatic rings. The van der Waals surface area contributed by atoms with Crippen molar-refractivity contribution >= 4 is 39.1 Å². The number of aliphatic hydroxyl groups excluding tert-OH is 1. The second kappa shape index (κ2) is 11.5. The van der Waals surface area contributed by atoms with Crippen LogP contribution in [-0.2, 0) is 16.0 Å². The van der Waals surface area contributed by atoms with E-state index in [0.29, 0.717) is 37.1 Å². The van der Waals surface area contributed by atoms with Gasteiger partial charge in [-0.25, -0.2) is 0 Å². The van der Waals surface area contributed by atoms with E-state index in [1.807, 2.05) is 60.7 Å². The first kappa shape index (κ1) is 24.9. The smallest absolute Gasteiger partial charge is 0.262 e. The Morgan fingerprint density at radius 3 is 2.43 bits per heavy atom. The molecule has 1 aliphatic rings. The number of nitrogens with one attached hydrogen (secondary N) is 3. The summed E-state index contributed by atoms with van der Waals surface area (Å²) in [4.78, 5) is 40.3. The highest BCUT2D eigenvalue weighted by molar-refractivity contribution is 7.20. The van der Waals surface area contributed by atoms with Crippen LogP contribution in [0.25, 0.3) is 10.1 Å². The minimum atomic E-state index is -1.05. The molecule has 0 aliphatic heterocycles. The molecule has 0 unspecified atom stereocenters. The van der Waals surface area contributed by atoms with Gasteiger partial charge in [-0.15, -0.1) is 11.3 Å². The van der Waals surface area contributed by atoms with Crippen LogP contribution in [0.1, 0.15) is 47.3 Å². The SMILES string of the molecule is O=C(NC1(C(=O)N[C@H](Cc2ccccc2)C(=O)NCCCO)CCCC1)c1cc2ccccc2s1. The molecule has 1 heterocycles. The lowest BCUT2D eigenvalue weighted by Crippen LogP contribution is -2.61. The van der Waals surface area contributed by atoms with Crippen LogP contribution in [0.4, 0.5) is 0 Å². The molecule has 3 amide bonds. The minimum Gasteiger partial charge on any atom is -0.396 e. The summed E-state index contributed by atoms with van der Waals surface area (Å²) in [5.74, 6) is -0.905. The van der Waals surface area contributed by atoms with Crippen LogP contribution < -0.4 is 16.0 Å². The number of carbonyl (C=O) groups is 3. The van der Waals surface area contributed by atoms with E-state index in [2.05, 4.69) is 16.0 Å². The Morgan fingerprint density at radius 1 is 1.00 bits per heavy atom. The van der Waals surface area contributed by atoms with Gasteiger partial charge in [0.2, 0.25) is 11.8 Å². The van der Waals surface area contributed by atoms with Gasteiger partial charge in [-0.3, -0.25) is 14.4 Å². The van der Waals surface area contributed by atoms with E-state index in [-0.39, 0.29) is 24.3 Å². The normalized spacial score (nSPS) is 15.5. The summed E-state index contributed by atoms with van der Waals surface area (Å²) in [5, 5.41) is 18.8. The molecule has 1 aromatic heterocycles. The van der Waals surface area contributed by atoms with Crippen LogP contribution in [0.2, 0.25) is 0 Å². The first-order valence-corrected chi connectivity index (χ1v) is 12.9. The van der Waals surface area contributed by atoms with Crippen molar-refractivity contribution in [2.75, 3.05) is 13.2 Å². The lowest BCUT2D eigenvalue weighted by Gasteiger charge is -2.31. The van der Waals surface area contributed by atoms with Crippen LogP contribution in [0.5, 0.6) is 0 Å². The summed E-state index contributed by atoms with van der Waals surface area (Å²) >= 11 is 1.40. The van der Waals surface area contributed by atoms with Crippen molar-refractivity contribution in [2.24, 2.45) is 0 Å². The number of hydrogen-bond acceptors (Lipinski definition) is 5. The number of aliphatic hydroxyl groups is 1. The molecule has 184 valence electrons. The highest BCUT2D eigenvalue weighted by Gasteiger charge is 2.44. The molecule has 1 aliphatic carbocycles. The molecule has 1 atom stereocenters. The Bertz CT molecular complexity index is 1140. The number of rotatable bonds is 10. The minimum absolute atomic E-state index is 0.0249. The van der Waals surface area contributed by atoms with E-state index >= 15 is 0 Å². The van der Waals surface area contributed by atoms with Crippen LogP contribution in [-0.4, -0.2) is 47.6 Å². The Hall–Kier alpha value is -3.23. The number of amides is 3. The fourth-order valence-electron chi connectivity index (χ4n) is 4.53. The molecule has 4 N–H and O–H groups in total. The second-order valence-electron chi connectivity index (χ2n) is 8.98. The van der Waals surface area contributed by atoms with Crippen LogP contribution in [0, 0.1) is 0 Å². The predicted molar refractivity (Wildman–Crippen MR) is 137 cm³/mol. The van der Waals surface area contributed by atoms with Crippen LogP contribution in [0.15, 0.2) is 60.7 Å². The average molecular weight is 494 g/mol. The number of fused-ring (bicyclic) bond motifs is 1. The number of hydrogen-bond donors (Lipinski definition) is 4. The Morgan fingerprint density at radius 2 is 1.71 bits per heavy atom. The van der Waals surface area contributed by atoms with Gasteiger partial charge in [0, 0.05) is 24.3 Å². The van der Waals surface area contributed by atoms with Crippen molar-refractivity contribution in [1.82, 2.24) is 16.0 Å². The molecule has 7 nitrogen and oxygen atoms in total. The average Bonchev–Trinajstić information content (AvgIpc) is 3.52. The van der Waals surface area contributed by atoms with Crippen molar-refractivity contribution in [3.05, 3.63) is 71.1 Å². The van der Waals surface area contributed by atoms with Gasteiger partial charge in [-0.1, -0.05) is 61.4 Å². The molecule has 0 radical (unpaired) electrons. The number of thiophene rings is 1. The van der Waals surface area contributed by atoms with Gasteiger partial charge in [0.25, 0.3) is 5.91 Å². The van der Waals surface area contributed by atoms with Gasteiger partial charge in [-0.05, 0) is 42.3 Å². The summed E-state index contributed by atoms with van der Waals surface area (Å²) in [6, 6.07) is 18.4. The van der Waals surface area contributed by atoms with E-state index in [1.165, 1.54) is 11.3 Å². The van der Waals surface area contributed by atoms with Crippen molar-refractivity contribution in [3.8, 4) is 0 Å². The summed E-state index contributed by atoms with van der Waals surface area (Å²) in [6.45, 7) is 0.299. The zero-order chi connectivity index (χ0) is 24.7. The topological polar surface area (TPSA) is 108 Å². The maximum absolute atomic E-state index is 13.6. The van der Waals surface area contributed by atoms with E-state index in [0.717, 1.165) is 28.5 Å². The second-order valence-corrected chi connectivity index (χ2v) is 10.1. The van der Waals surface area contributed by atoms with Crippen molar-refractivity contribution < 1.29 is 19.5 Å². The van der Waals surface area contributed by atoms with E-state index in [1.54, 1.807) is 0 Å². The van der Waals surface area contributed by atoms with Gasteiger partial charge >= 0.3 is 0 Å². The maximum atomic E-state index is 13.6. The fraction of sp³-hybridized carbons (Fsp3) is 0.370. The molecular weight excluding hydrogens is 462 g/mol. The molecule has 0 bridgehead atoms. The summed E-state index contributed by atoms with van der Waals surface area (Å²) in [7, 11) is 0. The van der Waals surface area contributed by atoms with E-state index < -0.39 is 11.6 Å². The summed E-state index contributed by atoms with van der Waals surface area (Å²) in [5.41, 5.74) is -0.127. The molecule has 0 saturated heterocycles. The van der Waals surface area contributed by atoms with Gasteiger partial charge in [0.1, 0.15) is 11.6 Å².